The highest BCUT2D eigenvalue weighted by Gasteiger charge is 2.40. The first-order valence-electron chi connectivity index (χ1n) is 6.26. The molecule has 2 fully saturated rings. The van der Waals surface area contributed by atoms with Crippen LogP contribution < -0.4 is 10.2 Å². The van der Waals surface area contributed by atoms with Gasteiger partial charge in [0.2, 0.25) is 0 Å². The third-order valence-electron chi connectivity index (χ3n) is 4.09. The van der Waals surface area contributed by atoms with E-state index in [1.165, 1.54) is 31.5 Å². The Morgan fingerprint density at radius 2 is 2.35 bits per heavy atom. The smallest absolute Gasteiger partial charge is 0.131 e. The summed E-state index contributed by atoms with van der Waals surface area (Å²) in [6.45, 7) is 6.82. The third kappa shape index (κ3) is 2.08. The molecule has 1 unspecified atom stereocenters. The van der Waals surface area contributed by atoms with E-state index in [0.29, 0.717) is 5.41 Å². The largest absolute Gasteiger partial charge is 0.356 e. The first-order valence-corrected chi connectivity index (χ1v) is 7.06. The molecule has 0 saturated carbocycles. The summed E-state index contributed by atoms with van der Waals surface area (Å²) in [6, 6.07) is 2.15. The lowest BCUT2D eigenvalue weighted by Crippen LogP contribution is -2.29. The topological polar surface area (TPSA) is 28.2 Å². The maximum atomic E-state index is 4.57. The van der Waals surface area contributed by atoms with E-state index in [-0.39, 0.29) is 0 Å². The number of nitrogens with one attached hydrogen (secondary N) is 1. The normalized spacial score (nSPS) is 28.2. The van der Waals surface area contributed by atoms with Crippen molar-refractivity contribution in [1.82, 2.24) is 10.3 Å². The minimum Gasteiger partial charge on any atom is -0.356 e. The van der Waals surface area contributed by atoms with Crippen LogP contribution in [-0.2, 0) is 0 Å². The number of aryl methyl sites for hydroxylation is 1. The van der Waals surface area contributed by atoms with Crippen molar-refractivity contribution in [3.8, 4) is 0 Å². The molecule has 1 N–H and O–H groups in total. The van der Waals surface area contributed by atoms with Gasteiger partial charge in [0.05, 0.1) is 0 Å². The molecule has 0 aromatic carbocycles. The number of aromatic nitrogens is 1. The van der Waals surface area contributed by atoms with Crippen LogP contribution in [0.1, 0.15) is 18.4 Å². The highest BCUT2D eigenvalue weighted by molar-refractivity contribution is 9.10. The molecule has 2 saturated heterocycles. The van der Waals surface area contributed by atoms with Crippen LogP contribution in [0.15, 0.2) is 16.7 Å². The predicted octanol–water partition coefficient (Wildman–Crippen LogP) is 2.34. The van der Waals surface area contributed by atoms with Crippen LogP contribution in [0.2, 0.25) is 0 Å². The lowest BCUT2D eigenvalue weighted by Gasteiger charge is -2.24. The first kappa shape index (κ1) is 11.5. The van der Waals surface area contributed by atoms with E-state index in [0.717, 1.165) is 23.4 Å². The molecular weight excluding hydrogens is 278 g/mol. The molecule has 1 atom stereocenters. The van der Waals surface area contributed by atoms with E-state index in [2.05, 4.69) is 44.1 Å². The molecule has 1 spiro atoms. The Labute approximate surface area is 111 Å². The summed E-state index contributed by atoms with van der Waals surface area (Å²) < 4.78 is 1.06. The Morgan fingerprint density at radius 3 is 3.06 bits per heavy atom. The summed E-state index contributed by atoms with van der Waals surface area (Å²) in [5, 5.41) is 3.50. The molecule has 1 aromatic rings. The zero-order chi connectivity index (χ0) is 11.9. The maximum Gasteiger partial charge on any atom is 0.131 e. The van der Waals surface area contributed by atoms with Gasteiger partial charge in [0.15, 0.2) is 0 Å². The first-order chi connectivity index (χ1) is 8.19. The Bertz CT molecular complexity index is 427. The van der Waals surface area contributed by atoms with Gasteiger partial charge in [-0.05, 0) is 53.9 Å². The van der Waals surface area contributed by atoms with E-state index >= 15 is 0 Å². The highest BCUT2D eigenvalue weighted by atomic mass is 79.9. The number of hydrogen-bond donors (Lipinski definition) is 1. The Morgan fingerprint density at radius 1 is 1.47 bits per heavy atom. The van der Waals surface area contributed by atoms with Gasteiger partial charge in [0, 0.05) is 35.7 Å². The molecule has 0 bridgehead atoms. The average molecular weight is 296 g/mol. The summed E-state index contributed by atoms with van der Waals surface area (Å²) in [7, 11) is 0. The Kier molecular flexibility index (Phi) is 2.87. The number of halogens is 1. The van der Waals surface area contributed by atoms with Gasteiger partial charge in [-0.25, -0.2) is 4.98 Å². The van der Waals surface area contributed by atoms with Gasteiger partial charge in [-0.15, -0.1) is 0 Å². The Balaban J connectivity index is 1.82. The van der Waals surface area contributed by atoms with Gasteiger partial charge in [-0.3, -0.25) is 0 Å². The second-order valence-corrected chi connectivity index (χ2v) is 6.31. The van der Waals surface area contributed by atoms with Crippen molar-refractivity contribution in [3.05, 3.63) is 22.3 Å². The quantitative estimate of drug-likeness (QED) is 0.862. The van der Waals surface area contributed by atoms with Crippen LogP contribution in [0.4, 0.5) is 5.82 Å². The molecule has 3 nitrogen and oxygen atoms in total. The van der Waals surface area contributed by atoms with Crippen molar-refractivity contribution in [1.29, 1.82) is 0 Å². The molecular formula is C13H18BrN3. The van der Waals surface area contributed by atoms with Gasteiger partial charge in [0.1, 0.15) is 5.82 Å². The number of nitrogens with zero attached hydrogens (tertiary/aromatic N) is 2. The summed E-state index contributed by atoms with van der Waals surface area (Å²) in [4.78, 5) is 7.03. The highest BCUT2D eigenvalue weighted by Crippen LogP contribution is 2.38. The fourth-order valence-electron chi connectivity index (χ4n) is 3.12. The van der Waals surface area contributed by atoms with Crippen LogP contribution in [0.25, 0.3) is 0 Å². The van der Waals surface area contributed by atoms with E-state index < -0.39 is 0 Å². The SMILES string of the molecule is Cc1cc(Br)cnc1N1CCC2(CCNC2)C1. The van der Waals surface area contributed by atoms with Gasteiger partial charge in [-0.2, -0.15) is 0 Å². The van der Waals surface area contributed by atoms with Crippen LogP contribution in [0.5, 0.6) is 0 Å². The lowest BCUT2D eigenvalue weighted by molar-refractivity contribution is 0.369. The number of anilines is 1. The summed E-state index contributed by atoms with van der Waals surface area (Å²) in [5.41, 5.74) is 1.78. The summed E-state index contributed by atoms with van der Waals surface area (Å²) in [6.07, 6.45) is 4.52. The molecule has 92 valence electrons. The van der Waals surface area contributed by atoms with Crippen molar-refractivity contribution in [2.75, 3.05) is 31.1 Å². The molecule has 3 heterocycles. The second-order valence-electron chi connectivity index (χ2n) is 5.39. The maximum absolute atomic E-state index is 4.57. The zero-order valence-electron chi connectivity index (χ0n) is 10.2. The van der Waals surface area contributed by atoms with Crippen LogP contribution in [-0.4, -0.2) is 31.2 Å². The van der Waals surface area contributed by atoms with E-state index in [1.54, 1.807) is 0 Å². The van der Waals surface area contributed by atoms with E-state index in [1.807, 2.05) is 6.20 Å². The standard InChI is InChI=1S/C13H18BrN3/c1-10-6-11(14)7-16-12(10)17-5-3-13(9-17)2-4-15-8-13/h6-7,15H,2-5,8-9H2,1H3. The fourth-order valence-corrected chi connectivity index (χ4v) is 3.57. The molecule has 0 aliphatic carbocycles. The minimum atomic E-state index is 0.515. The van der Waals surface area contributed by atoms with Gasteiger partial charge in [0.25, 0.3) is 0 Å². The predicted molar refractivity (Wildman–Crippen MR) is 73.4 cm³/mol. The molecule has 0 radical (unpaired) electrons. The molecule has 2 aliphatic rings. The minimum absolute atomic E-state index is 0.515. The summed E-state index contributed by atoms with van der Waals surface area (Å²) in [5.74, 6) is 1.16. The van der Waals surface area contributed by atoms with Crippen molar-refractivity contribution >= 4 is 21.7 Å². The van der Waals surface area contributed by atoms with Crippen LogP contribution in [0, 0.1) is 12.3 Å². The Hall–Kier alpha value is -0.610. The van der Waals surface area contributed by atoms with Crippen molar-refractivity contribution in [2.45, 2.75) is 19.8 Å². The van der Waals surface area contributed by atoms with Gasteiger partial charge in [-0.1, -0.05) is 0 Å². The van der Waals surface area contributed by atoms with Crippen LogP contribution >= 0.6 is 15.9 Å². The van der Waals surface area contributed by atoms with Crippen LogP contribution in [0.3, 0.4) is 0 Å². The van der Waals surface area contributed by atoms with Crippen molar-refractivity contribution in [2.24, 2.45) is 5.41 Å². The monoisotopic (exact) mass is 295 g/mol. The molecule has 4 heteroatoms. The number of pyridine rings is 1. The van der Waals surface area contributed by atoms with Gasteiger partial charge >= 0.3 is 0 Å². The molecule has 1 aromatic heterocycles. The second kappa shape index (κ2) is 4.25. The molecule has 17 heavy (non-hydrogen) atoms. The zero-order valence-corrected chi connectivity index (χ0v) is 11.8. The lowest BCUT2D eigenvalue weighted by atomic mass is 9.87. The summed E-state index contributed by atoms with van der Waals surface area (Å²) >= 11 is 3.47. The molecule has 2 aliphatic heterocycles. The van der Waals surface area contributed by atoms with E-state index in [9.17, 15) is 0 Å². The van der Waals surface area contributed by atoms with Gasteiger partial charge < -0.3 is 10.2 Å². The fraction of sp³-hybridized carbons (Fsp3) is 0.615. The molecule has 3 rings (SSSR count). The third-order valence-corrected chi connectivity index (χ3v) is 4.52. The van der Waals surface area contributed by atoms with Crippen molar-refractivity contribution in [3.63, 3.8) is 0 Å². The van der Waals surface area contributed by atoms with Crippen molar-refractivity contribution < 1.29 is 0 Å². The van der Waals surface area contributed by atoms with E-state index in [4.69, 9.17) is 0 Å². The number of hydrogen-bond acceptors (Lipinski definition) is 3. The number of rotatable bonds is 1. The molecule has 0 amide bonds. The average Bonchev–Trinajstić information content (AvgIpc) is 2.90.